The zero-order valence-corrected chi connectivity index (χ0v) is 18.9. The van der Waals surface area contributed by atoms with Crippen molar-refractivity contribution in [2.45, 2.75) is 84.8 Å². The van der Waals surface area contributed by atoms with Gasteiger partial charge in [0.2, 0.25) is 0 Å². The second kappa shape index (κ2) is 13.9. The van der Waals surface area contributed by atoms with Crippen LogP contribution in [0.15, 0.2) is 35.6 Å². The summed E-state index contributed by atoms with van der Waals surface area (Å²) in [4.78, 5) is 0. The Bertz CT molecular complexity index is 548. The number of methoxy groups -OCH3 is 1. The van der Waals surface area contributed by atoms with Gasteiger partial charge >= 0.3 is 0 Å². The molecule has 1 saturated heterocycles. The molecule has 1 fully saturated rings. The highest BCUT2D eigenvalue weighted by Gasteiger charge is 2.23. The molecule has 5 heteroatoms. The Balaban J connectivity index is 2.41. The number of rotatable bonds is 13. The molecule has 0 spiro atoms. The van der Waals surface area contributed by atoms with Crippen LogP contribution in [0.4, 0.5) is 8.78 Å². The minimum atomic E-state index is -0.902. The van der Waals surface area contributed by atoms with Gasteiger partial charge in [-0.2, -0.15) is 0 Å². The lowest BCUT2D eigenvalue weighted by molar-refractivity contribution is -0.0778. The number of hydrogen-bond donors (Lipinski definition) is 0. The van der Waals surface area contributed by atoms with Crippen LogP contribution in [-0.4, -0.2) is 32.5 Å². The predicted octanol–water partition coefficient (Wildman–Crippen LogP) is 7.05. The van der Waals surface area contributed by atoms with Gasteiger partial charge in [0.15, 0.2) is 11.7 Å². The molecule has 168 valence electrons. The first-order valence-electron chi connectivity index (χ1n) is 11.0. The maximum Gasteiger partial charge on any atom is 0.195 e. The van der Waals surface area contributed by atoms with Crippen molar-refractivity contribution in [1.82, 2.24) is 0 Å². The first-order chi connectivity index (χ1) is 13.8. The standard InChI is InChI=1S/C24H40F2O3/c1-7-9-10-20-13-14-21(29-15-20)16-28-18(4)12-11-17(3)22(8-2)24(26)23(25)19(5)27-6/h7,17-18,20-21H,1,8-16H2,2-6H3/b23-19-,24-22-. The molecule has 0 aromatic heterocycles. The first kappa shape index (κ1) is 25.8. The maximum atomic E-state index is 14.5. The van der Waals surface area contributed by atoms with E-state index < -0.39 is 11.7 Å². The van der Waals surface area contributed by atoms with Crippen molar-refractivity contribution in [3.05, 3.63) is 35.6 Å². The average Bonchev–Trinajstić information content (AvgIpc) is 2.74. The van der Waals surface area contributed by atoms with Gasteiger partial charge in [0, 0.05) is 6.61 Å². The summed E-state index contributed by atoms with van der Waals surface area (Å²) in [5, 5.41) is 0. The third-order valence-corrected chi connectivity index (χ3v) is 5.88. The molecule has 0 aliphatic carbocycles. The Morgan fingerprint density at radius 1 is 1.21 bits per heavy atom. The fourth-order valence-electron chi connectivity index (χ4n) is 3.69. The van der Waals surface area contributed by atoms with Crippen LogP contribution in [0, 0.1) is 11.8 Å². The number of ether oxygens (including phenoxy) is 3. The summed E-state index contributed by atoms with van der Waals surface area (Å²) < 4.78 is 45.3. The van der Waals surface area contributed by atoms with Crippen molar-refractivity contribution < 1.29 is 23.0 Å². The molecule has 1 heterocycles. The normalized spacial score (nSPS) is 23.7. The van der Waals surface area contributed by atoms with Gasteiger partial charge in [-0.15, -0.1) is 6.58 Å². The molecule has 1 aliphatic rings. The average molecular weight is 415 g/mol. The fourth-order valence-corrected chi connectivity index (χ4v) is 3.69. The lowest BCUT2D eigenvalue weighted by Crippen LogP contribution is -2.30. The van der Waals surface area contributed by atoms with Gasteiger partial charge in [0.25, 0.3) is 0 Å². The summed E-state index contributed by atoms with van der Waals surface area (Å²) in [5.74, 6) is -1.14. The lowest BCUT2D eigenvalue weighted by atomic mass is 9.91. The predicted molar refractivity (Wildman–Crippen MR) is 115 cm³/mol. The van der Waals surface area contributed by atoms with Gasteiger partial charge in [-0.3, -0.25) is 0 Å². The van der Waals surface area contributed by atoms with Crippen LogP contribution in [0.25, 0.3) is 0 Å². The van der Waals surface area contributed by atoms with Gasteiger partial charge < -0.3 is 14.2 Å². The Labute approximate surface area is 176 Å². The van der Waals surface area contributed by atoms with Crippen molar-refractivity contribution in [1.29, 1.82) is 0 Å². The third kappa shape index (κ3) is 9.00. The summed E-state index contributed by atoms with van der Waals surface area (Å²) in [6, 6.07) is 0. The summed E-state index contributed by atoms with van der Waals surface area (Å²) in [5.41, 5.74) is 0.493. The molecule has 0 aromatic carbocycles. The number of hydrogen-bond acceptors (Lipinski definition) is 3. The minimum absolute atomic E-state index is 0.0310. The molecule has 29 heavy (non-hydrogen) atoms. The van der Waals surface area contributed by atoms with E-state index in [0.29, 0.717) is 24.5 Å². The molecule has 1 rings (SSSR count). The molecule has 3 nitrogen and oxygen atoms in total. The fraction of sp³-hybridized carbons (Fsp3) is 0.750. The lowest BCUT2D eigenvalue weighted by Gasteiger charge is -2.29. The molecule has 4 unspecified atom stereocenters. The zero-order chi connectivity index (χ0) is 21.8. The maximum absolute atomic E-state index is 14.5. The second-order valence-corrected chi connectivity index (χ2v) is 8.15. The zero-order valence-electron chi connectivity index (χ0n) is 18.9. The highest BCUT2D eigenvalue weighted by molar-refractivity contribution is 5.28. The van der Waals surface area contributed by atoms with Crippen molar-refractivity contribution in [3.8, 4) is 0 Å². The van der Waals surface area contributed by atoms with Crippen LogP contribution < -0.4 is 0 Å². The summed E-state index contributed by atoms with van der Waals surface area (Å²) in [6.45, 7) is 12.4. The first-order valence-corrected chi connectivity index (χ1v) is 11.0. The van der Waals surface area contributed by atoms with E-state index in [0.717, 1.165) is 38.7 Å². The van der Waals surface area contributed by atoms with Gasteiger partial charge in [-0.05, 0) is 76.2 Å². The Morgan fingerprint density at radius 3 is 2.48 bits per heavy atom. The van der Waals surface area contributed by atoms with E-state index in [9.17, 15) is 8.78 Å². The van der Waals surface area contributed by atoms with Crippen LogP contribution >= 0.6 is 0 Å². The van der Waals surface area contributed by atoms with E-state index in [4.69, 9.17) is 14.2 Å². The molecule has 0 radical (unpaired) electrons. The summed E-state index contributed by atoms with van der Waals surface area (Å²) in [7, 11) is 1.34. The van der Waals surface area contributed by atoms with Gasteiger partial charge in [-0.25, -0.2) is 8.78 Å². The minimum Gasteiger partial charge on any atom is -0.498 e. The SMILES string of the molecule is C=CCCC1CCC(COC(C)CCC(C)/C(CC)=C(F)/C(F)=C(\C)OC)OC1. The molecular formula is C24H40F2O3. The van der Waals surface area contributed by atoms with Crippen LogP contribution in [0.5, 0.6) is 0 Å². The topological polar surface area (TPSA) is 27.7 Å². The van der Waals surface area contributed by atoms with Crippen molar-refractivity contribution >= 4 is 0 Å². The molecule has 0 amide bonds. The third-order valence-electron chi connectivity index (χ3n) is 5.88. The highest BCUT2D eigenvalue weighted by atomic mass is 19.2. The molecular weight excluding hydrogens is 374 g/mol. The van der Waals surface area contributed by atoms with Crippen LogP contribution in [0.2, 0.25) is 0 Å². The van der Waals surface area contributed by atoms with Gasteiger partial charge in [0.1, 0.15) is 5.76 Å². The largest absolute Gasteiger partial charge is 0.498 e. The van der Waals surface area contributed by atoms with Crippen LogP contribution in [-0.2, 0) is 14.2 Å². The van der Waals surface area contributed by atoms with E-state index in [1.807, 2.05) is 26.8 Å². The van der Waals surface area contributed by atoms with E-state index in [2.05, 4.69) is 6.58 Å². The van der Waals surface area contributed by atoms with Crippen molar-refractivity contribution in [3.63, 3.8) is 0 Å². The van der Waals surface area contributed by atoms with Crippen LogP contribution in [0.1, 0.15) is 72.6 Å². The molecule has 0 bridgehead atoms. The summed E-state index contributed by atoms with van der Waals surface area (Å²) >= 11 is 0. The smallest absolute Gasteiger partial charge is 0.195 e. The van der Waals surface area contributed by atoms with E-state index >= 15 is 0 Å². The Kier molecular flexibility index (Phi) is 12.4. The van der Waals surface area contributed by atoms with E-state index in [-0.39, 0.29) is 23.9 Å². The van der Waals surface area contributed by atoms with E-state index in [1.54, 1.807) is 0 Å². The number of allylic oxidation sites excluding steroid dienone is 5. The second-order valence-electron chi connectivity index (χ2n) is 8.15. The van der Waals surface area contributed by atoms with Gasteiger partial charge in [0.05, 0.1) is 25.9 Å². The van der Waals surface area contributed by atoms with E-state index in [1.165, 1.54) is 20.5 Å². The molecule has 4 atom stereocenters. The van der Waals surface area contributed by atoms with Crippen LogP contribution in [0.3, 0.4) is 0 Å². The van der Waals surface area contributed by atoms with Crippen molar-refractivity contribution in [2.75, 3.05) is 20.3 Å². The Morgan fingerprint density at radius 2 is 1.93 bits per heavy atom. The van der Waals surface area contributed by atoms with Crippen molar-refractivity contribution in [2.24, 2.45) is 11.8 Å². The quantitative estimate of drug-likeness (QED) is 0.184. The Hall–Kier alpha value is -1.20. The monoisotopic (exact) mass is 414 g/mol. The molecule has 0 saturated carbocycles. The van der Waals surface area contributed by atoms with Gasteiger partial charge in [-0.1, -0.05) is 19.9 Å². The molecule has 0 N–H and O–H groups in total. The highest BCUT2D eigenvalue weighted by Crippen LogP contribution is 2.31. The number of halogens is 2. The molecule has 1 aliphatic heterocycles. The summed E-state index contributed by atoms with van der Waals surface area (Å²) in [6.07, 6.45) is 8.59. The molecule has 0 aromatic rings.